The molecular formula is C28H38N2O3. The third-order valence-electron chi connectivity index (χ3n) is 8.01. The average Bonchev–Trinajstić information content (AvgIpc) is 2.85. The van der Waals surface area contributed by atoms with E-state index in [1.54, 1.807) is 7.11 Å². The number of benzene rings is 2. The highest BCUT2D eigenvalue weighted by Crippen LogP contribution is 2.42. The zero-order chi connectivity index (χ0) is 22.6. The van der Waals surface area contributed by atoms with E-state index < -0.39 is 0 Å². The maximum absolute atomic E-state index is 10.3. The molecule has 3 fully saturated rings. The minimum absolute atomic E-state index is 0.235. The molecule has 2 aromatic rings. The molecular weight excluding hydrogens is 412 g/mol. The first-order valence-corrected chi connectivity index (χ1v) is 12.7. The van der Waals surface area contributed by atoms with Crippen molar-refractivity contribution in [2.24, 2.45) is 5.92 Å². The van der Waals surface area contributed by atoms with E-state index in [-0.39, 0.29) is 12.6 Å². The summed E-state index contributed by atoms with van der Waals surface area (Å²) in [6.07, 6.45) is 4.86. The van der Waals surface area contributed by atoms with Crippen LogP contribution in [0.4, 0.5) is 0 Å². The molecule has 0 unspecified atom stereocenters. The SMILES string of the molecule is COc1cccc(-c2ccc([C@H]3[C@@H](CO)N4CCCCN(CC5CCOCC5)C[C@H]34)cc2)c1. The molecule has 2 aromatic carbocycles. The molecule has 0 amide bonds. The largest absolute Gasteiger partial charge is 0.497 e. The topological polar surface area (TPSA) is 45.2 Å². The van der Waals surface area contributed by atoms with Gasteiger partial charge in [0.05, 0.1) is 13.7 Å². The van der Waals surface area contributed by atoms with Crippen molar-refractivity contribution in [3.05, 3.63) is 54.1 Å². The molecule has 1 N–H and O–H groups in total. The van der Waals surface area contributed by atoms with E-state index in [0.717, 1.165) is 38.0 Å². The van der Waals surface area contributed by atoms with Gasteiger partial charge in [0.1, 0.15) is 5.75 Å². The minimum atomic E-state index is 0.235. The van der Waals surface area contributed by atoms with Gasteiger partial charge in [-0.1, -0.05) is 36.4 Å². The fourth-order valence-electron chi connectivity index (χ4n) is 6.17. The molecule has 0 aromatic heterocycles. The van der Waals surface area contributed by atoms with Crippen LogP contribution in [0, 0.1) is 5.92 Å². The van der Waals surface area contributed by atoms with Crippen LogP contribution in [0.3, 0.4) is 0 Å². The fraction of sp³-hybridized carbons (Fsp3) is 0.571. The van der Waals surface area contributed by atoms with E-state index in [1.165, 1.54) is 55.5 Å². The van der Waals surface area contributed by atoms with Gasteiger partial charge < -0.3 is 19.5 Å². The summed E-state index contributed by atoms with van der Waals surface area (Å²) < 4.78 is 11.0. The van der Waals surface area contributed by atoms with Crippen LogP contribution in [0.25, 0.3) is 11.1 Å². The van der Waals surface area contributed by atoms with Crippen molar-refractivity contribution < 1.29 is 14.6 Å². The monoisotopic (exact) mass is 450 g/mol. The van der Waals surface area contributed by atoms with Crippen LogP contribution < -0.4 is 4.74 Å². The quantitative estimate of drug-likeness (QED) is 0.720. The summed E-state index contributed by atoms with van der Waals surface area (Å²) in [6, 6.07) is 18.0. The summed E-state index contributed by atoms with van der Waals surface area (Å²) in [6.45, 7) is 6.69. The predicted octanol–water partition coefficient (Wildman–Crippen LogP) is 4.01. The Morgan fingerprint density at radius 1 is 1.00 bits per heavy atom. The van der Waals surface area contributed by atoms with Crippen molar-refractivity contribution in [3.8, 4) is 16.9 Å². The van der Waals surface area contributed by atoms with Gasteiger partial charge in [0.2, 0.25) is 0 Å². The number of hydrogen-bond acceptors (Lipinski definition) is 5. The summed E-state index contributed by atoms with van der Waals surface area (Å²) in [5.41, 5.74) is 3.73. The van der Waals surface area contributed by atoms with Gasteiger partial charge in [0, 0.05) is 44.3 Å². The third-order valence-corrected chi connectivity index (χ3v) is 8.01. The number of nitrogens with zero attached hydrogens (tertiary/aromatic N) is 2. The van der Waals surface area contributed by atoms with E-state index in [1.807, 2.05) is 12.1 Å². The highest BCUT2D eigenvalue weighted by Gasteiger charge is 2.49. The Bertz CT molecular complexity index is 896. The van der Waals surface area contributed by atoms with E-state index in [9.17, 15) is 5.11 Å². The number of aliphatic hydroxyl groups is 1. The van der Waals surface area contributed by atoms with Crippen LogP contribution in [0.15, 0.2) is 48.5 Å². The average molecular weight is 451 g/mol. The summed E-state index contributed by atoms with van der Waals surface area (Å²) in [4.78, 5) is 5.29. The molecule has 3 atom stereocenters. The smallest absolute Gasteiger partial charge is 0.119 e. The number of rotatable bonds is 6. The zero-order valence-corrected chi connectivity index (χ0v) is 19.9. The fourth-order valence-corrected chi connectivity index (χ4v) is 6.17. The van der Waals surface area contributed by atoms with Gasteiger partial charge in [0.15, 0.2) is 0 Å². The first kappa shape index (κ1) is 22.9. The van der Waals surface area contributed by atoms with Gasteiger partial charge in [-0.25, -0.2) is 0 Å². The van der Waals surface area contributed by atoms with Gasteiger partial charge in [0.25, 0.3) is 0 Å². The molecule has 5 heteroatoms. The van der Waals surface area contributed by atoms with Crippen LogP contribution in [-0.2, 0) is 4.74 Å². The van der Waals surface area contributed by atoms with Crippen molar-refractivity contribution in [2.75, 3.05) is 53.1 Å². The molecule has 0 bridgehead atoms. The van der Waals surface area contributed by atoms with E-state index in [0.29, 0.717) is 12.0 Å². The summed E-state index contributed by atoms with van der Waals surface area (Å²) >= 11 is 0. The van der Waals surface area contributed by atoms with Gasteiger partial charge in [-0.2, -0.15) is 0 Å². The van der Waals surface area contributed by atoms with Gasteiger partial charge >= 0.3 is 0 Å². The molecule has 0 radical (unpaired) electrons. The zero-order valence-electron chi connectivity index (χ0n) is 19.9. The van der Waals surface area contributed by atoms with Crippen molar-refractivity contribution >= 4 is 0 Å². The van der Waals surface area contributed by atoms with E-state index in [2.05, 4.69) is 46.2 Å². The Morgan fingerprint density at radius 3 is 2.55 bits per heavy atom. The Kier molecular flexibility index (Phi) is 7.31. The summed E-state index contributed by atoms with van der Waals surface area (Å²) in [5.74, 6) is 2.04. The molecule has 33 heavy (non-hydrogen) atoms. The summed E-state index contributed by atoms with van der Waals surface area (Å²) in [5, 5.41) is 10.3. The summed E-state index contributed by atoms with van der Waals surface area (Å²) in [7, 11) is 1.71. The molecule has 3 aliphatic heterocycles. The second kappa shape index (κ2) is 10.6. The Labute approximate surface area is 198 Å². The maximum atomic E-state index is 10.3. The second-order valence-electron chi connectivity index (χ2n) is 9.96. The normalized spacial score (nSPS) is 27.3. The van der Waals surface area contributed by atoms with Gasteiger partial charge in [-0.3, -0.25) is 4.90 Å². The molecule has 3 heterocycles. The maximum Gasteiger partial charge on any atom is 0.119 e. The van der Waals surface area contributed by atoms with Crippen molar-refractivity contribution in [1.82, 2.24) is 9.80 Å². The molecule has 5 rings (SSSR count). The molecule has 0 spiro atoms. The van der Waals surface area contributed by atoms with Crippen molar-refractivity contribution in [3.63, 3.8) is 0 Å². The first-order chi connectivity index (χ1) is 16.3. The van der Waals surface area contributed by atoms with Crippen LogP contribution >= 0.6 is 0 Å². The Balaban J connectivity index is 1.32. The number of fused-ring (bicyclic) bond motifs is 1. The number of hydrogen-bond donors (Lipinski definition) is 1. The number of methoxy groups -OCH3 is 1. The molecule has 0 saturated carbocycles. The second-order valence-corrected chi connectivity index (χ2v) is 9.96. The predicted molar refractivity (Wildman–Crippen MR) is 132 cm³/mol. The third kappa shape index (κ3) is 4.97. The molecule has 3 aliphatic rings. The van der Waals surface area contributed by atoms with E-state index >= 15 is 0 Å². The molecule has 3 saturated heterocycles. The van der Waals surface area contributed by atoms with E-state index in [4.69, 9.17) is 9.47 Å². The lowest BCUT2D eigenvalue weighted by molar-refractivity contribution is -0.0677. The van der Waals surface area contributed by atoms with Crippen LogP contribution in [0.1, 0.15) is 37.2 Å². The highest BCUT2D eigenvalue weighted by molar-refractivity contribution is 5.65. The van der Waals surface area contributed by atoms with Crippen molar-refractivity contribution in [2.45, 2.75) is 43.7 Å². The van der Waals surface area contributed by atoms with Crippen LogP contribution in [-0.4, -0.2) is 80.1 Å². The van der Waals surface area contributed by atoms with Gasteiger partial charge in [-0.15, -0.1) is 0 Å². The Morgan fingerprint density at radius 2 is 1.79 bits per heavy atom. The van der Waals surface area contributed by atoms with Crippen LogP contribution in [0.5, 0.6) is 5.75 Å². The molecule has 0 aliphatic carbocycles. The van der Waals surface area contributed by atoms with Crippen molar-refractivity contribution in [1.29, 1.82) is 0 Å². The van der Waals surface area contributed by atoms with Gasteiger partial charge in [-0.05, 0) is 73.5 Å². The number of aliphatic hydroxyl groups excluding tert-OH is 1. The standard InChI is InChI=1S/C28H38N2O3/c1-32-25-6-4-5-24(17-25)22-7-9-23(10-8-22)28-26-19-29(18-21-11-15-33-16-12-21)13-2-3-14-30(26)27(28)20-31/h4-10,17,21,26-28,31H,2-3,11-16,18-20H2,1H3/t26-,27-,28-/m1/s1. The Hall–Kier alpha value is -1.92. The molecule has 178 valence electrons. The lowest BCUT2D eigenvalue weighted by Crippen LogP contribution is -2.67. The highest BCUT2D eigenvalue weighted by atomic mass is 16.5. The number of ether oxygens (including phenoxy) is 2. The lowest BCUT2D eigenvalue weighted by Gasteiger charge is -2.57. The van der Waals surface area contributed by atoms with Crippen LogP contribution in [0.2, 0.25) is 0 Å². The minimum Gasteiger partial charge on any atom is -0.497 e. The molecule has 5 nitrogen and oxygen atoms in total. The first-order valence-electron chi connectivity index (χ1n) is 12.7. The lowest BCUT2D eigenvalue weighted by atomic mass is 9.74.